The standard InChI is InChI=1S/C11H14N4O2/c1-2-5-13-11(9-15(16)17)14-8-10-4-3-6-12-7-10/h2-4,6-7,9,13-14H,1,5,8H2/b11-9+. The fourth-order valence-corrected chi connectivity index (χ4v) is 1.14. The van der Waals surface area contributed by atoms with Crippen LogP contribution in [0.5, 0.6) is 0 Å². The van der Waals surface area contributed by atoms with Gasteiger partial charge in [0.05, 0.1) is 4.92 Å². The van der Waals surface area contributed by atoms with E-state index < -0.39 is 4.92 Å². The van der Waals surface area contributed by atoms with E-state index in [4.69, 9.17) is 0 Å². The number of rotatable bonds is 7. The number of nitrogens with zero attached hydrogens (tertiary/aromatic N) is 2. The highest BCUT2D eigenvalue weighted by atomic mass is 16.6. The Morgan fingerprint density at radius 1 is 1.59 bits per heavy atom. The lowest BCUT2D eigenvalue weighted by molar-refractivity contribution is -0.404. The van der Waals surface area contributed by atoms with Gasteiger partial charge in [-0.1, -0.05) is 12.1 Å². The molecule has 1 rings (SSSR count). The SMILES string of the molecule is C=CCN/C(=C\[N+](=O)[O-])NCc1cccnc1. The molecule has 1 aromatic heterocycles. The van der Waals surface area contributed by atoms with E-state index in [1.54, 1.807) is 18.5 Å². The first-order valence-electron chi connectivity index (χ1n) is 5.05. The second-order valence-corrected chi connectivity index (χ2v) is 3.21. The molecule has 6 nitrogen and oxygen atoms in total. The summed E-state index contributed by atoms with van der Waals surface area (Å²) in [6, 6.07) is 3.70. The van der Waals surface area contributed by atoms with Gasteiger partial charge in [0.2, 0.25) is 0 Å². The molecule has 2 N–H and O–H groups in total. The summed E-state index contributed by atoms with van der Waals surface area (Å²) < 4.78 is 0. The third-order valence-corrected chi connectivity index (χ3v) is 1.88. The van der Waals surface area contributed by atoms with Gasteiger partial charge < -0.3 is 10.6 Å². The minimum atomic E-state index is -0.512. The van der Waals surface area contributed by atoms with Crippen molar-refractivity contribution in [2.24, 2.45) is 0 Å². The van der Waals surface area contributed by atoms with Gasteiger partial charge in [-0.15, -0.1) is 6.58 Å². The van der Waals surface area contributed by atoms with Crippen LogP contribution in [0.1, 0.15) is 5.56 Å². The Labute approximate surface area is 99.2 Å². The number of hydrogen-bond donors (Lipinski definition) is 2. The predicted octanol–water partition coefficient (Wildman–Crippen LogP) is 1.02. The number of pyridine rings is 1. The first-order chi connectivity index (χ1) is 8.22. The van der Waals surface area contributed by atoms with Crippen LogP contribution in [-0.4, -0.2) is 16.5 Å². The van der Waals surface area contributed by atoms with Crippen molar-refractivity contribution < 1.29 is 4.92 Å². The Bertz CT molecular complexity index is 403. The van der Waals surface area contributed by atoms with Crippen LogP contribution in [0.3, 0.4) is 0 Å². The molecule has 0 bridgehead atoms. The van der Waals surface area contributed by atoms with Crippen LogP contribution in [0.4, 0.5) is 0 Å². The molecule has 1 heterocycles. The lowest BCUT2D eigenvalue weighted by atomic mass is 10.3. The topological polar surface area (TPSA) is 80.1 Å². The molecule has 90 valence electrons. The zero-order valence-corrected chi connectivity index (χ0v) is 9.30. The van der Waals surface area contributed by atoms with E-state index in [-0.39, 0.29) is 0 Å². The Kier molecular flexibility index (Phi) is 5.23. The maximum atomic E-state index is 10.4. The average molecular weight is 234 g/mol. The van der Waals surface area contributed by atoms with E-state index in [1.165, 1.54) is 0 Å². The maximum Gasteiger partial charge on any atom is 0.274 e. The van der Waals surface area contributed by atoms with Gasteiger partial charge in [-0.3, -0.25) is 15.1 Å². The molecule has 17 heavy (non-hydrogen) atoms. The zero-order valence-electron chi connectivity index (χ0n) is 9.30. The summed E-state index contributed by atoms with van der Waals surface area (Å²) in [7, 11) is 0. The van der Waals surface area contributed by atoms with Crippen LogP contribution in [0.15, 0.2) is 49.2 Å². The molecule has 0 saturated heterocycles. The Morgan fingerprint density at radius 3 is 3.00 bits per heavy atom. The third kappa shape index (κ3) is 5.31. The molecular weight excluding hydrogens is 220 g/mol. The molecule has 0 aromatic carbocycles. The van der Waals surface area contributed by atoms with E-state index in [2.05, 4.69) is 22.2 Å². The van der Waals surface area contributed by atoms with Gasteiger partial charge in [-0.2, -0.15) is 0 Å². The van der Waals surface area contributed by atoms with Crippen molar-refractivity contribution in [3.05, 3.63) is 64.9 Å². The molecule has 0 radical (unpaired) electrons. The lowest BCUT2D eigenvalue weighted by Gasteiger charge is -2.09. The first-order valence-corrected chi connectivity index (χ1v) is 5.05. The molecule has 0 fully saturated rings. The summed E-state index contributed by atoms with van der Waals surface area (Å²) in [5, 5.41) is 16.2. The Balaban J connectivity index is 2.55. The van der Waals surface area contributed by atoms with Crippen molar-refractivity contribution in [2.75, 3.05) is 6.54 Å². The van der Waals surface area contributed by atoms with Gasteiger partial charge in [0.15, 0.2) is 5.82 Å². The first kappa shape index (κ1) is 12.7. The second-order valence-electron chi connectivity index (χ2n) is 3.21. The highest BCUT2D eigenvalue weighted by Crippen LogP contribution is 1.96. The van der Waals surface area contributed by atoms with Gasteiger partial charge in [-0.25, -0.2) is 0 Å². The number of nitrogens with one attached hydrogen (secondary N) is 2. The quantitative estimate of drug-likeness (QED) is 0.418. The van der Waals surface area contributed by atoms with Crippen molar-refractivity contribution in [1.29, 1.82) is 0 Å². The largest absolute Gasteiger partial charge is 0.363 e. The summed E-state index contributed by atoms with van der Waals surface area (Å²) in [5.74, 6) is 0.346. The van der Waals surface area contributed by atoms with Crippen LogP contribution >= 0.6 is 0 Å². The van der Waals surface area contributed by atoms with Crippen LogP contribution in [0.2, 0.25) is 0 Å². The van der Waals surface area contributed by atoms with E-state index >= 15 is 0 Å². The van der Waals surface area contributed by atoms with Gasteiger partial charge in [0.25, 0.3) is 6.20 Å². The maximum absolute atomic E-state index is 10.4. The smallest absolute Gasteiger partial charge is 0.274 e. The van der Waals surface area contributed by atoms with E-state index in [0.717, 1.165) is 11.8 Å². The zero-order chi connectivity index (χ0) is 12.5. The summed E-state index contributed by atoms with van der Waals surface area (Å²) in [4.78, 5) is 13.8. The molecule has 0 amide bonds. The summed E-state index contributed by atoms with van der Waals surface area (Å²) in [5.41, 5.74) is 0.946. The van der Waals surface area contributed by atoms with Gasteiger partial charge in [0, 0.05) is 25.5 Å². The van der Waals surface area contributed by atoms with Crippen molar-refractivity contribution in [3.8, 4) is 0 Å². The third-order valence-electron chi connectivity index (χ3n) is 1.88. The number of hydrogen-bond acceptors (Lipinski definition) is 5. The van der Waals surface area contributed by atoms with Crippen LogP contribution in [0, 0.1) is 10.1 Å². The minimum absolute atomic E-state index is 0.346. The molecule has 6 heteroatoms. The van der Waals surface area contributed by atoms with Gasteiger partial charge in [-0.05, 0) is 11.6 Å². The fourth-order valence-electron chi connectivity index (χ4n) is 1.14. The molecular formula is C11H14N4O2. The minimum Gasteiger partial charge on any atom is -0.363 e. The Morgan fingerprint density at radius 2 is 2.41 bits per heavy atom. The van der Waals surface area contributed by atoms with E-state index in [9.17, 15) is 10.1 Å². The summed E-state index contributed by atoms with van der Waals surface area (Å²) in [6.45, 7) is 4.46. The molecule has 0 aliphatic carbocycles. The van der Waals surface area contributed by atoms with Crippen molar-refractivity contribution >= 4 is 0 Å². The van der Waals surface area contributed by atoms with Crippen LogP contribution < -0.4 is 10.6 Å². The molecule has 1 aromatic rings. The van der Waals surface area contributed by atoms with Crippen molar-refractivity contribution in [3.63, 3.8) is 0 Å². The van der Waals surface area contributed by atoms with Gasteiger partial charge in [0.1, 0.15) is 0 Å². The normalized spacial score (nSPS) is 10.7. The second kappa shape index (κ2) is 7.00. The van der Waals surface area contributed by atoms with Crippen LogP contribution in [-0.2, 0) is 6.54 Å². The monoisotopic (exact) mass is 234 g/mol. The average Bonchev–Trinajstić information content (AvgIpc) is 2.33. The van der Waals surface area contributed by atoms with Crippen molar-refractivity contribution in [1.82, 2.24) is 15.6 Å². The van der Waals surface area contributed by atoms with Gasteiger partial charge >= 0.3 is 0 Å². The van der Waals surface area contributed by atoms with E-state index in [1.807, 2.05) is 12.1 Å². The molecule has 0 atom stereocenters. The fraction of sp³-hybridized carbons (Fsp3) is 0.182. The number of nitro groups is 1. The molecule has 0 unspecified atom stereocenters. The summed E-state index contributed by atoms with van der Waals surface area (Å²) >= 11 is 0. The van der Waals surface area contributed by atoms with Crippen LogP contribution in [0.25, 0.3) is 0 Å². The summed E-state index contributed by atoms with van der Waals surface area (Å²) in [6.07, 6.45) is 5.89. The number of aromatic nitrogens is 1. The van der Waals surface area contributed by atoms with E-state index in [0.29, 0.717) is 18.9 Å². The molecule has 0 saturated carbocycles. The molecule has 0 spiro atoms. The lowest BCUT2D eigenvalue weighted by Crippen LogP contribution is -2.27. The highest BCUT2D eigenvalue weighted by Gasteiger charge is 2.01. The Hall–Kier alpha value is -2.37. The predicted molar refractivity (Wildman–Crippen MR) is 64.4 cm³/mol. The molecule has 0 aliphatic rings. The molecule has 0 aliphatic heterocycles. The highest BCUT2D eigenvalue weighted by molar-refractivity contribution is 5.09. The van der Waals surface area contributed by atoms with Crippen molar-refractivity contribution in [2.45, 2.75) is 6.54 Å².